The van der Waals surface area contributed by atoms with Crippen molar-refractivity contribution in [1.82, 2.24) is 9.78 Å². The van der Waals surface area contributed by atoms with Gasteiger partial charge in [-0.1, -0.05) is 18.0 Å². The van der Waals surface area contributed by atoms with E-state index >= 15 is 0 Å². The smallest absolute Gasteiger partial charge is 0.340 e. The number of carbonyl (C=O) groups excluding carboxylic acids is 2. The van der Waals surface area contributed by atoms with Crippen LogP contribution >= 0.6 is 11.6 Å². The molecule has 1 aromatic heterocycles. The number of aryl methyl sites for hydroxylation is 1. The number of benzene rings is 1. The third kappa shape index (κ3) is 3.77. The summed E-state index contributed by atoms with van der Waals surface area (Å²) in [6.45, 7) is 0. The molecular weight excluding hydrogens is 406 g/mol. The Hall–Kier alpha value is -2.39. The van der Waals surface area contributed by atoms with Crippen LogP contribution in [0.15, 0.2) is 27.5 Å². The van der Waals surface area contributed by atoms with Crippen molar-refractivity contribution in [3.05, 3.63) is 50.4 Å². The van der Waals surface area contributed by atoms with Crippen molar-refractivity contribution in [2.45, 2.75) is 19.3 Å². The lowest BCUT2D eigenvalue weighted by Crippen LogP contribution is -2.20. The summed E-state index contributed by atoms with van der Waals surface area (Å²) in [5.74, 6) is -0.504. The van der Waals surface area contributed by atoms with Gasteiger partial charge in [0.15, 0.2) is 0 Å². The summed E-state index contributed by atoms with van der Waals surface area (Å²) in [6, 6.07) is 2.70. The van der Waals surface area contributed by atoms with Crippen LogP contribution in [-0.2, 0) is 21.5 Å². The highest BCUT2D eigenvalue weighted by atomic mass is 35.5. The summed E-state index contributed by atoms with van der Waals surface area (Å²) in [4.78, 5) is 37.1. The van der Waals surface area contributed by atoms with Crippen molar-refractivity contribution < 1.29 is 18.5 Å². The minimum absolute atomic E-state index is 0.00331. The van der Waals surface area contributed by atoms with Gasteiger partial charge in [0.05, 0.1) is 27.4 Å². The van der Waals surface area contributed by atoms with E-state index in [1.54, 1.807) is 0 Å². The highest BCUT2D eigenvalue weighted by Gasteiger charge is 2.25. The predicted octanol–water partition coefficient (Wildman–Crippen LogP) is 2.67. The number of carbonyl (C=O) groups is 2. The van der Waals surface area contributed by atoms with Gasteiger partial charge in [0.25, 0.3) is 5.56 Å². The fourth-order valence-corrected chi connectivity index (χ4v) is 5.63. The van der Waals surface area contributed by atoms with Crippen molar-refractivity contribution in [3.8, 4) is 0 Å². The molecular formula is C18H20ClN3O5S. The Bertz CT molecular complexity index is 1110. The molecule has 8 nitrogen and oxygen atoms in total. The number of hydrogen-bond acceptors (Lipinski definition) is 6. The van der Waals surface area contributed by atoms with Gasteiger partial charge < -0.3 is 9.84 Å². The van der Waals surface area contributed by atoms with Gasteiger partial charge in [-0.25, -0.2) is 9.00 Å². The van der Waals surface area contributed by atoms with Crippen LogP contribution in [0.4, 0.5) is 5.69 Å². The molecule has 1 aliphatic heterocycles. The average molecular weight is 426 g/mol. The largest absolute Gasteiger partial charge is 0.465 e. The molecule has 2 aromatic rings. The van der Waals surface area contributed by atoms with E-state index in [4.69, 9.17) is 16.3 Å². The first-order valence-electron chi connectivity index (χ1n) is 8.70. The molecule has 2 heterocycles. The van der Waals surface area contributed by atoms with Gasteiger partial charge in [0, 0.05) is 30.3 Å². The normalized spacial score (nSPS) is 15.8. The highest BCUT2D eigenvalue weighted by molar-refractivity contribution is 7.93. The number of ether oxygens (including phenoxy) is 1. The van der Waals surface area contributed by atoms with E-state index in [-0.39, 0.29) is 27.4 Å². The molecule has 1 aromatic carbocycles. The number of nitrogens with one attached hydrogen (secondary N) is 1. The number of halogens is 1. The monoisotopic (exact) mass is 425 g/mol. The molecule has 10 heteroatoms. The maximum absolute atomic E-state index is 13.1. The number of nitrogens with zero attached hydrogens (tertiary/aromatic N) is 2. The lowest BCUT2D eigenvalue weighted by Gasteiger charge is -2.17. The van der Waals surface area contributed by atoms with E-state index in [1.807, 2.05) is 0 Å². The molecule has 0 spiro atoms. The molecule has 3 rings (SSSR count). The third-order valence-electron chi connectivity index (χ3n) is 4.63. The molecule has 150 valence electrons. The van der Waals surface area contributed by atoms with Crippen LogP contribution in [0.3, 0.4) is 0 Å². The van der Waals surface area contributed by atoms with Gasteiger partial charge in [-0.05, 0) is 25.0 Å². The molecule has 1 N–H and O–H groups in total. The molecule has 0 bridgehead atoms. The second-order valence-corrected chi connectivity index (χ2v) is 9.45. The Morgan fingerprint density at radius 2 is 1.82 bits per heavy atom. The summed E-state index contributed by atoms with van der Waals surface area (Å²) < 4.78 is 23.3. The Morgan fingerprint density at radius 3 is 2.39 bits per heavy atom. The van der Waals surface area contributed by atoms with Crippen LogP contribution in [-0.4, -0.2) is 44.4 Å². The zero-order valence-electron chi connectivity index (χ0n) is 15.5. The van der Waals surface area contributed by atoms with Crippen molar-refractivity contribution in [3.63, 3.8) is 0 Å². The summed E-state index contributed by atoms with van der Waals surface area (Å²) in [5.41, 5.74) is -0.598. The lowest BCUT2D eigenvalue weighted by molar-refractivity contribution is 0.0601. The van der Waals surface area contributed by atoms with Gasteiger partial charge in [0.2, 0.25) is 5.78 Å². The molecule has 0 amide bonds. The third-order valence-corrected chi connectivity index (χ3v) is 7.38. The first-order chi connectivity index (χ1) is 13.3. The molecule has 0 unspecified atom stereocenters. The average Bonchev–Trinajstić information content (AvgIpc) is 3.01. The van der Waals surface area contributed by atoms with Gasteiger partial charge >= 0.3 is 5.97 Å². The molecule has 0 saturated carbocycles. The van der Waals surface area contributed by atoms with Crippen LogP contribution in [0, 0.1) is 0 Å². The summed E-state index contributed by atoms with van der Waals surface area (Å²) >= 11 is 6.43. The number of methoxy groups -OCH3 is 1. The topological polar surface area (TPSA) is 111 Å². The number of H-pyrrole nitrogens is 1. The second-order valence-electron chi connectivity index (χ2n) is 6.53. The van der Waals surface area contributed by atoms with Gasteiger partial charge in [0.1, 0.15) is 11.3 Å². The SMILES string of the molecule is COC(=O)c1ccc(C(=O)c2c[nH]n(C)c2=O)c(Cl)c1N=S1(=O)CCCCC1. The van der Waals surface area contributed by atoms with Gasteiger partial charge in [-0.15, -0.1) is 0 Å². The quantitative estimate of drug-likeness (QED) is 0.598. The molecule has 0 atom stereocenters. The predicted molar refractivity (Wildman–Crippen MR) is 106 cm³/mol. The maximum atomic E-state index is 13.1. The lowest BCUT2D eigenvalue weighted by atomic mass is 10.0. The van der Waals surface area contributed by atoms with E-state index in [1.165, 1.54) is 32.5 Å². The number of rotatable bonds is 4. The number of ketones is 1. The molecule has 0 radical (unpaired) electrons. The molecule has 1 aliphatic rings. The fraction of sp³-hybridized carbons (Fsp3) is 0.389. The van der Waals surface area contributed by atoms with Crippen molar-refractivity contribution in [1.29, 1.82) is 0 Å². The minimum Gasteiger partial charge on any atom is -0.465 e. The molecule has 0 aliphatic carbocycles. The zero-order valence-corrected chi connectivity index (χ0v) is 17.1. The summed E-state index contributed by atoms with van der Waals surface area (Å²) in [6.07, 6.45) is 3.80. The Balaban J connectivity index is 2.20. The van der Waals surface area contributed by atoms with Crippen LogP contribution < -0.4 is 5.56 Å². The van der Waals surface area contributed by atoms with E-state index < -0.39 is 27.0 Å². The highest BCUT2D eigenvalue weighted by Crippen LogP contribution is 2.36. The van der Waals surface area contributed by atoms with Crippen molar-refractivity contribution in [2.24, 2.45) is 11.4 Å². The minimum atomic E-state index is -2.59. The van der Waals surface area contributed by atoms with E-state index in [9.17, 15) is 18.6 Å². The standard InChI is InChI=1S/C18H20ClN3O5S/c1-22-17(24)13(10-20-22)16(23)11-6-7-12(18(25)27-2)15(14(11)19)21-28(26)8-4-3-5-9-28/h6-7,10,20H,3-5,8-9H2,1-2H3. The van der Waals surface area contributed by atoms with E-state index in [0.717, 1.165) is 23.9 Å². The Kier molecular flexibility index (Phi) is 5.76. The van der Waals surface area contributed by atoms with E-state index in [2.05, 4.69) is 9.46 Å². The number of esters is 1. The van der Waals surface area contributed by atoms with Gasteiger partial charge in [-0.2, -0.15) is 4.36 Å². The van der Waals surface area contributed by atoms with Crippen molar-refractivity contribution in [2.75, 3.05) is 18.6 Å². The van der Waals surface area contributed by atoms with Gasteiger partial charge in [-0.3, -0.25) is 14.3 Å². The first kappa shape index (κ1) is 20.3. The molecule has 1 fully saturated rings. The van der Waals surface area contributed by atoms with Crippen LogP contribution in [0.1, 0.15) is 45.5 Å². The van der Waals surface area contributed by atoms with E-state index in [0.29, 0.717) is 11.5 Å². The zero-order chi connectivity index (χ0) is 20.5. The summed E-state index contributed by atoms with van der Waals surface area (Å²) in [5, 5.41) is 2.51. The number of aromatic amines is 1. The second kappa shape index (κ2) is 7.92. The Labute approximate surface area is 167 Å². The molecule has 28 heavy (non-hydrogen) atoms. The maximum Gasteiger partial charge on any atom is 0.340 e. The molecule has 1 saturated heterocycles. The number of hydrogen-bond donors (Lipinski definition) is 1. The van der Waals surface area contributed by atoms with Crippen LogP contribution in [0.5, 0.6) is 0 Å². The summed E-state index contributed by atoms with van der Waals surface area (Å²) in [7, 11) is 0.101. The number of aromatic nitrogens is 2. The first-order valence-corrected chi connectivity index (χ1v) is 10.9. The van der Waals surface area contributed by atoms with Crippen LogP contribution in [0.2, 0.25) is 5.02 Å². The van der Waals surface area contributed by atoms with Crippen LogP contribution in [0.25, 0.3) is 0 Å². The Morgan fingerprint density at radius 1 is 1.18 bits per heavy atom. The van der Waals surface area contributed by atoms with Crippen molar-refractivity contribution >= 4 is 38.8 Å². The fourth-order valence-electron chi connectivity index (χ4n) is 3.07.